The van der Waals surface area contributed by atoms with Gasteiger partial charge in [-0.25, -0.2) is 13.6 Å². The van der Waals surface area contributed by atoms with E-state index in [4.69, 9.17) is 12.2 Å². The summed E-state index contributed by atoms with van der Waals surface area (Å²) in [6.07, 6.45) is -3.94. The van der Waals surface area contributed by atoms with Gasteiger partial charge in [0.15, 0.2) is 11.4 Å². The summed E-state index contributed by atoms with van der Waals surface area (Å²) >= 11 is 5.01. The molecule has 2 rings (SSSR count). The first-order valence-corrected chi connectivity index (χ1v) is 7.18. The molecule has 0 radical (unpaired) electrons. The Morgan fingerprint density at radius 1 is 1.42 bits per heavy atom. The van der Waals surface area contributed by atoms with Gasteiger partial charge in [0.1, 0.15) is 0 Å². The number of H-pyrrole nitrogens is 1. The highest BCUT2D eigenvalue weighted by atomic mass is 32.1. The third-order valence-corrected chi connectivity index (χ3v) is 3.57. The van der Waals surface area contributed by atoms with Crippen LogP contribution >= 0.6 is 12.2 Å². The molecule has 0 saturated carbocycles. The lowest BCUT2D eigenvalue weighted by Gasteiger charge is -2.15. The van der Waals surface area contributed by atoms with E-state index in [9.17, 15) is 27.2 Å². The second-order valence-corrected chi connectivity index (χ2v) is 5.26. The molecule has 0 aliphatic rings. The molecule has 1 aromatic carbocycles. The molecule has 130 valence electrons. The van der Waals surface area contributed by atoms with E-state index in [0.717, 1.165) is 0 Å². The van der Waals surface area contributed by atoms with Crippen molar-refractivity contribution in [2.75, 3.05) is 6.61 Å². The molecule has 0 fully saturated rings. The standard InChI is InChI=1S/C14H12F4N2O3S/c1-2-20-10(21)8-4-3-7(5-9(8)19-13(20)24)11(22)23-6-14(17,18)12(15)16/h3-5,12H,2,6H2,1H3,(H,19,24). The predicted molar refractivity (Wildman–Crippen MR) is 80.3 cm³/mol. The van der Waals surface area contributed by atoms with Gasteiger partial charge in [0.05, 0.1) is 16.5 Å². The number of hydrogen-bond donors (Lipinski definition) is 1. The monoisotopic (exact) mass is 364 g/mol. The summed E-state index contributed by atoms with van der Waals surface area (Å²) in [4.78, 5) is 26.6. The van der Waals surface area contributed by atoms with Crippen molar-refractivity contribution in [3.8, 4) is 0 Å². The third kappa shape index (κ3) is 3.48. The van der Waals surface area contributed by atoms with Crippen molar-refractivity contribution in [2.45, 2.75) is 25.8 Å². The molecule has 0 atom stereocenters. The number of halogens is 4. The molecule has 0 bridgehead atoms. The molecule has 0 aliphatic carbocycles. The van der Waals surface area contributed by atoms with Crippen molar-refractivity contribution in [2.24, 2.45) is 0 Å². The van der Waals surface area contributed by atoms with E-state index in [-0.39, 0.29) is 26.8 Å². The quantitative estimate of drug-likeness (QED) is 0.503. The number of aromatic amines is 1. The maximum absolute atomic E-state index is 12.8. The number of alkyl halides is 4. The highest BCUT2D eigenvalue weighted by Crippen LogP contribution is 2.23. The molecule has 10 heteroatoms. The van der Waals surface area contributed by atoms with Crippen molar-refractivity contribution < 1.29 is 27.1 Å². The Kier molecular flexibility index (Phi) is 5.07. The van der Waals surface area contributed by atoms with E-state index >= 15 is 0 Å². The Labute approximate surface area is 137 Å². The summed E-state index contributed by atoms with van der Waals surface area (Å²) in [6, 6.07) is 3.68. The predicted octanol–water partition coefficient (Wildman–Crippen LogP) is 3.14. The highest BCUT2D eigenvalue weighted by molar-refractivity contribution is 7.71. The lowest BCUT2D eigenvalue weighted by atomic mass is 10.1. The molecule has 1 N–H and O–H groups in total. The maximum atomic E-state index is 12.8. The zero-order valence-corrected chi connectivity index (χ0v) is 13.1. The van der Waals surface area contributed by atoms with Crippen LogP contribution in [0.15, 0.2) is 23.0 Å². The van der Waals surface area contributed by atoms with Gasteiger partial charge in [-0.3, -0.25) is 9.36 Å². The molecule has 0 spiro atoms. The lowest BCUT2D eigenvalue weighted by Crippen LogP contribution is -2.33. The van der Waals surface area contributed by atoms with Crippen molar-refractivity contribution in [3.63, 3.8) is 0 Å². The van der Waals surface area contributed by atoms with Gasteiger partial charge in [0.25, 0.3) is 5.56 Å². The number of ether oxygens (including phenoxy) is 1. The van der Waals surface area contributed by atoms with E-state index in [1.54, 1.807) is 6.92 Å². The number of nitrogens with zero attached hydrogens (tertiary/aromatic N) is 1. The Morgan fingerprint density at radius 2 is 2.08 bits per heavy atom. The topological polar surface area (TPSA) is 64.1 Å². The van der Waals surface area contributed by atoms with Gasteiger partial charge in [-0.1, -0.05) is 0 Å². The first-order valence-electron chi connectivity index (χ1n) is 6.77. The van der Waals surface area contributed by atoms with Gasteiger partial charge in [-0.15, -0.1) is 0 Å². The molecule has 0 amide bonds. The number of carbonyl (C=O) groups excluding carboxylic acids is 1. The van der Waals surface area contributed by atoms with Crippen LogP contribution in [0.4, 0.5) is 17.6 Å². The van der Waals surface area contributed by atoms with Crippen LogP contribution in [0.5, 0.6) is 0 Å². The molecule has 0 unspecified atom stereocenters. The van der Waals surface area contributed by atoms with E-state index in [2.05, 4.69) is 9.72 Å². The molecule has 1 heterocycles. The highest BCUT2D eigenvalue weighted by Gasteiger charge is 2.42. The Bertz CT molecular complexity index is 892. The first-order chi connectivity index (χ1) is 11.2. The zero-order valence-electron chi connectivity index (χ0n) is 12.3. The van der Waals surface area contributed by atoms with Crippen molar-refractivity contribution in [1.29, 1.82) is 0 Å². The van der Waals surface area contributed by atoms with Gasteiger partial charge in [-0.2, -0.15) is 8.78 Å². The first kappa shape index (κ1) is 18.1. The molecule has 1 aromatic heterocycles. The number of esters is 1. The maximum Gasteiger partial charge on any atom is 0.340 e. The molecular formula is C14H12F4N2O3S. The van der Waals surface area contributed by atoms with Crippen LogP contribution in [0.3, 0.4) is 0 Å². The van der Waals surface area contributed by atoms with Crippen LogP contribution < -0.4 is 5.56 Å². The van der Waals surface area contributed by atoms with Crippen LogP contribution in [0.2, 0.25) is 0 Å². The second kappa shape index (κ2) is 6.71. The molecular weight excluding hydrogens is 352 g/mol. The van der Waals surface area contributed by atoms with E-state index in [0.29, 0.717) is 6.54 Å². The zero-order chi connectivity index (χ0) is 18.1. The van der Waals surface area contributed by atoms with Crippen LogP contribution in [-0.2, 0) is 11.3 Å². The smallest absolute Gasteiger partial charge is 0.340 e. The molecule has 2 aromatic rings. The minimum absolute atomic E-state index is 0.129. The normalized spacial score (nSPS) is 11.9. The number of aromatic nitrogens is 2. The summed E-state index contributed by atoms with van der Waals surface area (Å²) in [6.45, 7) is 0.331. The minimum Gasteiger partial charge on any atom is -0.455 e. The average molecular weight is 364 g/mol. The summed E-state index contributed by atoms with van der Waals surface area (Å²) in [5.74, 6) is -5.64. The van der Waals surface area contributed by atoms with Gasteiger partial charge < -0.3 is 9.72 Å². The van der Waals surface area contributed by atoms with Gasteiger partial charge >= 0.3 is 18.3 Å². The number of benzene rings is 1. The Hall–Kier alpha value is -2.23. The van der Waals surface area contributed by atoms with Crippen LogP contribution in [-0.4, -0.2) is 34.5 Å². The summed E-state index contributed by atoms with van der Waals surface area (Å²) in [5.41, 5.74) is -0.336. The van der Waals surface area contributed by atoms with E-state index in [1.165, 1.54) is 22.8 Å². The van der Waals surface area contributed by atoms with Crippen LogP contribution in [0.25, 0.3) is 10.9 Å². The molecule has 24 heavy (non-hydrogen) atoms. The van der Waals surface area contributed by atoms with Crippen molar-refractivity contribution in [3.05, 3.63) is 38.9 Å². The summed E-state index contributed by atoms with van der Waals surface area (Å²) in [5, 5.41) is 0.236. The van der Waals surface area contributed by atoms with Gasteiger partial charge in [0, 0.05) is 6.54 Å². The number of nitrogens with one attached hydrogen (secondary N) is 1. The fourth-order valence-corrected chi connectivity index (χ4v) is 2.30. The number of fused-ring (bicyclic) bond motifs is 1. The molecule has 5 nitrogen and oxygen atoms in total. The number of rotatable bonds is 5. The van der Waals surface area contributed by atoms with Crippen LogP contribution in [0, 0.1) is 4.77 Å². The summed E-state index contributed by atoms with van der Waals surface area (Å²) in [7, 11) is 0. The SMILES string of the molecule is CCn1c(=S)[nH]c2cc(C(=O)OCC(F)(F)C(F)F)ccc2c1=O. The van der Waals surface area contributed by atoms with E-state index < -0.39 is 24.9 Å². The second-order valence-electron chi connectivity index (χ2n) is 4.88. The Balaban J connectivity index is 2.33. The van der Waals surface area contributed by atoms with Gasteiger partial charge in [0.2, 0.25) is 0 Å². The number of hydrogen-bond acceptors (Lipinski definition) is 4. The average Bonchev–Trinajstić information content (AvgIpc) is 2.52. The molecule has 0 saturated heterocycles. The molecule has 0 aliphatic heterocycles. The van der Waals surface area contributed by atoms with Crippen molar-refractivity contribution in [1.82, 2.24) is 9.55 Å². The van der Waals surface area contributed by atoms with E-state index in [1.807, 2.05) is 0 Å². The minimum atomic E-state index is -4.43. The fraction of sp³-hybridized carbons (Fsp3) is 0.357. The fourth-order valence-electron chi connectivity index (χ4n) is 1.98. The Morgan fingerprint density at radius 3 is 2.67 bits per heavy atom. The third-order valence-electron chi connectivity index (χ3n) is 3.25. The van der Waals surface area contributed by atoms with Crippen LogP contribution in [0.1, 0.15) is 17.3 Å². The van der Waals surface area contributed by atoms with Gasteiger partial charge in [-0.05, 0) is 37.3 Å². The summed E-state index contributed by atoms with van der Waals surface area (Å²) < 4.78 is 55.3. The largest absolute Gasteiger partial charge is 0.455 e. The number of carbonyl (C=O) groups is 1. The van der Waals surface area contributed by atoms with Crippen molar-refractivity contribution >= 4 is 29.1 Å². The lowest BCUT2D eigenvalue weighted by molar-refractivity contribution is -0.155.